The molecule has 0 spiro atoms. The molecule has 6 nitrogen and oxygen atoms in total. The Bertz CT molecular complexity index is 294. The van der Waals surface area contributed by atoms with Crippen molar-refractivity contribution >= 4 is 5.91 Å². The predicted molar refractivity (Wildman–Crippen MR) is 60.8 cm³/mol. The zero-order valence-corrected chi connectivity index (χ0v) is 9.89. The van der Waals surface area contributed by atoms with E-state index in [4.69, 9.17) is 0 Å². The standard InChI is InChI=1S/C10H19N5O/c1-3-14(4-2)10(16)9-11-5-7-15-8-6-12-13-15/h6,8,11H,3-5,7,9H2,1-2H3. The van der Waals surface area contributed by atoms with Gasteiger partial charge in [-0.1, -0.05) is 5.21 Å². The summed E-state index contributed by atoms with van der Waals surface area (Å²) >= 11 is 0. The van der Waals surface area contributed by atoms with Crippen LogP contribution in [0.4, 0.5) is 0 Å². The Balaban J connectivity index is 2.13. The smallest absolute Gasteiger partial charge is 0.236 e. The largest absolute Gasteiger partial charge is 0.342 e. The molecule has 1 aromatic heterocycles. The maximum absolute atomic E-state index is 11.6. The molecule has 0 aromatic carbocycles. The molecule has 1 heterocycles. The summed E-state index contributed by atoms with van der Waals surface area (Å²) in [4.78, 5) is 13.4. The van der Waals surface area contributed by atoms with Crippen molar-refractivity contribution in [2.75, 3.05) is 26.2 Å². The average Bonchev–Trinajstić information content (AvgIpc) is 2.79. The second-order valence-corrected chi connectivity index (χ2v) is 3.41. The summed E-state index contributed by atoms with van der Waals surface area (Å²) in [6, 6.07) is 0. The number of carbonyl (C=O) groups is 1. The fourth-order valence-electron chi connectivity index (χ4n) is 1.43. The third kappa shape index (κ3) is 3.98. The molecule has 6 heteroatoms. The van der Waals surface area contributed by atoms with Crippen LogP contribution in [0.2, 0.25) is 0 Å². The number of hydrogen-bond donors (Lipinski definition) is 1. The van der Waals surface area contributed by atoms with Gasteiger partial charge in [0.05, 0.1) is 19.3 Å². The topological polar surface area (TPSA) is 63.1 Å². The van der Waals surface area contributed by atoms with E-state index >= 15 is 0 Å². The predicted octanol–water partition coefficient (Wildman–Crippen LogP) is -0.264. The van der Waals surface area contributed by atoms with Gasteiger partial charge in [-0.05, 0) is 13.8 Å². The van der Waals surface area contributed by atoms with Crippen LogP contribution in [0.15, 0.2) is 12.4 Å². The van der Waals surface area contributed by atoms with E-state index in [0.717, 1.165) is 26.2 Å². The van der Waals surface area contributed by atoms with Crippen molar-refractivity contribution in [3.05, 3.63) is 12.4 Å². The lowest BCUT2D eigenvalue weighted by Crippen LogP contribution is -2.38. The second-order valence-electron chi connectivity index (χ2n) is 3.41. The molecule has 1 amide bonds. The molecule has 90 valence electrons. The highest BCUT2D eigenvalue weighted by Gasteiger charge is 2.07. The van der Waals surface area contributed by atoms with Gasteiger partial charge in [0.2, 0.25) is 5.91 Å². The van der Waals surface area contributed by atoms with E-state index in [1.54, 1.807) is 17.1 Å². The highest BCUT2D eigenvalue weighted by atomic mass is 16.2. The van der Waals surface area contributed by atoms with E-state index in [0.29, 0.717) is 6.54 Å². The van der Waals surface area contributed by atoms with E-state index in [9.17, 15) is 4.79 Å². The fourth-order valence-corrected chi connectivity index (χ4v) is 1.43. The van der Waals surface area contributed by atoms with Crippen LogP contribution < -0.4 is 5.32 Å². The van der Waals surface area contributed by atoms with E-state index < -0.39 is 0 Å². The van der Waals surface area contributed by atoms with Gasteiger partial charge >= 0.3 is 0 Å². The maximum atomic E-state index is 11.6. The summed E-state index contributed by atoms with van der Waals surface area (Å²) in [5.74, 6) is 0.142. The van der Waals surface area contributed by atoms with Crippen LogP contribution in [-0.4, -0.2) is 52.0 Å². The molecule has 0 bridgehead atoms. The molecule has 0 saturated carbocycles. The summed E-state index contributed by atoms with van der Waals surface area (Å²) in [5, 5.41) is 10.6. The molecule has 0 fully saturated rings. The number of amides is 1. The van der Waals surface area contributed by atoms with E-state index in [-0.39, 0.29) is 5.91 Å². The third-order valence-electron chi connectivity index (χ3n) is 2.38. The van der Waals surface area contributed by atoms with Crippen molar-refractivity contribution in [1.82, 2.24) is 25.2 Å². The fraction of sp³-hybridized carbons (Fsp3) is 0.700. The lowest BCUT2D eigenvalue weighted by atomic mass is 10.4. The van der Waals surface area contributed by atoms with Gasteiger partial charge in [-0.3, -0.25) is 9.48 Å². The number of hydrogen-bond acceptors (Lipinski definition) is 4. The first-order valence-electron chi connectivity index (χ1n) is 5.60. The maximum Gasteiger partial charge on any atom is 0.236 e. The van der Waals surface area contributed by atoms with Crippen molar-refractivity contribution in [2.24, 2.45) is 0 Å². The second kappa shape index (κ2) is 6.95. The Hall–Kier alpha value is -1.43. The molecule has 0 aliphatic carbocycles. The van der Waals surface area contributed by atoms with Crippen LogP contribution in [0.1, 0.15) is 13.8 Å². The Kier molecular flexibility index (Phi) is 5.49. The zero-order valence-electron chi connectivity index (χ0n) is 9.89. The number of nitrogens with zero attached hydrogens (tertiary/aromatic N) is 4. The third-order valence-corrected chi connectivity index (χ3v) is 2.38. The SMILES string of the molecule is CCN(CC)C(=O)CNCCn1ccnn1. The van der Waals surface area contributed by atoms with Crippen LogP contribution in [0.3, 0.4) is 0 Å². The van der Waals surface area contributed by atoms with Crippen molar-refractivity contribution < 1.29 is 4.79 Å². The van der Waals surface area contributed by atoms with Crippen LogP contribution >= 0.6 is 0 Å². The minimum Gasteiger partial charge on any atom is -0.342 e. The van der Waals surface area contributed by atoms with Gasteiger partial charge in [0, 0.05) is 25.8 Å². The van der Waals surface area contributed by atoms with Crippen molar-refractivity contribution in [3.8, 4) is 0 Å². The first kappa shape index (κ1) is 12.6. The van der Waals surface area contributed by atoms with Crippen LogP contribution in [0, 0.1) is 0 Å². The van der Waals surface area contributed by atoms with Gasteiger partial charge in [0.15, 0.2) is 0 Å². The quantitative estimate of drug-likeness (QED) is 0.649. The molecule has 0 atom stereocenters. The Morgan fingerprint density at radius 3 is 2.75 bits per heavy atom. The van der Waals surface area contributed by atoms with Gasteiger partial charge in [-0.25, -0.2) is 0 Å². The molecule has 0 saturated heterocycles. The molecule has 1 N–H and O–H groups in total. The van der Waals surface area contributed by atoms with Gasteiger partial charge in [-0.15, -0.1) is 5.10 Å². The number of aromatic nitrogens is 3. The number of rotatable bonds is 7. The van der Waals surface area contributed by atoms with Crippen molar-refractivity contribution in [1.29, 1.82) is 0 Å². The summed E-state index contributed by atoms with van der Waals surface area (Å²) in [5.41, 5.74) is 0. The minimum atomic E-state index is 0.142. The summed E-state index contributed by atoms with van der Waals surface area (Å²) in [7, 11) is 0. The van der Waals surface area contributed by atoms with Gasteiger partial charge < -0.3 is 10.2 Å². The molecule has 1 aromatic rings. The molecule has 16 heavy (non-hydrogen) atoms. The van der Waals surface area contributed by atoms with Gasteiger partial charge in [0.25, 0.3) is 0 Å². The van der Waals surface area contributed by atoms with Crippen molar-refractivity contribution in [2.45, 2.75) is 20.4 Å². The Labute approximate surface area is 95.6 Å². The highest BCUT2D eigenvalue weighted by Crippen LogP contribution is 1.87. The van der Waals surface area contributed by atoms with Crippen LogP contribution in [-0.2, 0) is 11.3 Å². The van der Waals surface area contributed by atoms with Gasteiger partial charge in [-0.2, -0.15) is 0 Å². The monoisotopic (exact) mass is 225 g/mol. The van der Waals surface area contributed by atoms with E-state index in [1.807, 2.05) is 18.7 Å². The number of nitrogens with one attached hydrogen (secondary N) is 1. The zero-order chi connectivity index (χ0) is 11.8. The summed E-state index contributed by atoms with van der Waals surface area (Å²) in [6.45, 7) is 7.33. The highest BCUT2D eigenvalue weighted by molar-refractivity contribution is 5.78. The molecular weight excluding hydrogens is 206 g/mol. The summed E-state index contributed by atoms with van der Waals surface area (Å²) in [6.07, 6.45) is 3.44. The van der Waals surface area contributed by atoms with E-state index in [2.05, 4.69) is 15.6 Å². The lowest BCUT2D eigenvalue weighted by Gasteiger charge is -2.18. The Morgan fingerprint density at radius 2 is 2.19 bits per heavy atom. The Morgan fingerprint density at radius 1 is 1.44 bits per heavy atom. The van der Waals surface area contributed by atoms with Gasteiger partial charge in [0.1, 0.15) is 0 Å². The first-order chi connectivity index (χ1) is 7.77. The molecule has 0 aliphatic rings. The lowest BCUT2D eigenvalue weighted by molar-refractivity contribution is -0.129. The molecule has 0 unspecified atom stereocenters. The first-order valence-corrected chi connectivity index (χ1v) is 5.60. The normalized spacial score (nSPS) is 10.4. The summed E-state index contributed by atoms with van der Waals surface area (Å²) < 4.78 is 1.73. The van der Waals surface area contributed by atoms with Crippen molar-refractivity contribution in [3.63, 3.8) is 0 Å². The van der Waals surface area contributed by atoms with Crippen LogP contribution in [0.25, 0.3) is 0 Å². The number of likely N-dealkylation sites (N-methyl/N-ethyl adjacent to an activating group) is 1. The van der Waals surface area contributed by atoms with E-state index in [1.165, 1.54) is 0 Å². The molecule has 1 rings (SSSR count). The molecular formula is C10H19N5O. The minimum absolute atomic E-state index is 0.142. The molecule has 0 aliphatic heterocycles. The average molecular weight is 225 g/mol. The number of carbonyl (C=O) groups excluding carboxylic acids is 1. The van der Waals surface area contributed by atoms with Crippen LogP contribution in [0.5, 0.6) is 0 Å². The molecule has 0 radical (unpaired) electrons.